The summed E-state index contributed by atoms with van der Waals surface area (Å²) in [6, 6.07) is 3.01. The van der Waals surface area contributed by atoms with Gasteiger partial charge in [-0.15, -0.1) is 6.58 Å². The van der Waals surface area contributed by atoms with Crippen LogP contribution in [0.15, 0.2) is 29.4 Å². The summed E-state index contributed by atoms with van der Waals surface area (Å²) in [7, 11) is 0. The Morgan fingerprint density at radius 3 is 2.21 bits per heavy atom. The minimum absolute atomic E-state index is 0.0816. The summed E-state index contributed by atoms with van der Waals surface area (Å²) in [6.07, 6.45) is 5.77. The van der Waals surface area contributed by atoms with Gasteiger partial charge in [0.15, 0.2) is 0 Å². The molecular formula is C18H29N3O3. The average molecular weight is 335 g/mol. The Labute approximate surface area is 144 Å². The maximum absolute atomic E-state index is 10.5. The van der Waals surface area contributed by atoms with Gasteiger partial charge < -0.3 is 0 Å². The zero-order valence-corrected chi connectivity index (χ0v) is 15.6. The highest BCUT2D eigenvalue weighted by atomic mass is 16.6. The number of fused-ring (bicyclic) bond motifs is 1. The van der Waals surface area contributed by atoms with E-state index in [2.05, 4.69) is 56.1 Å². The van der Waals surface area contributed by atoms with E-state index >= 15 is 0 Å². The number of hydrogen-bond donors (Lipinski definition) is 0. The minimum atomic E-state index is -0.508. The predicted octanol–water partition coefficient (Wildman–Crippen LogP) is 5.85. The van der Waals surface area contributed by atoms with Crippen molar-refractivity contribution in [3.8, 4) is 0 Å². The largest absolute Gasteiger partial charge is 0.300 e. The fourth-order valence-electron chi connectivity index (χ4n) is 1.87. The third-order valence-electron chi connectivity index (χ3n) is 3.24. The highest BCUT2D eigenvalue weighted by Gasteiger charge is 2.17. The van der Waals surface area contributed by atoms with E-state index in [9.17, 15) is 10.1 Å². The number of benzene rings is 1. The number of aromatic nitrogens is 2. The van der Waals surface area contributed by atoms with Crippen LogP contribution < -0.4 is 0 Å². The van der Waals surface area contributed by atoms with Crippen LogP contribution in [0.3, 0.4) is 0 Å². The molecule has 0 N–H and O–H groups in total. The first kappa shape index (κ1) is 21.8. The SMILES string of the molecule is C=CC(C)(C)CCC.CCC.Cc1ccc([N+](=O)[O-])c2nonc12. The first-order valence-electron chi connectivity index (χ1n) is 8.23. The van der Waals surface area contributed by atoms with Crippen molar-refractivity contribution in [1.82, 2.24) is 10.3 Å². The number of nitro benzene ring substituents is 1. The van der Waals surface area contributed by atoms with E-state index in [0.717, 1.165) is 5.56 Å². The molecule has 2 aromatic rings. The molecule has 0 aliphatic rings. The molecule has 24 heavy (non-hydrogen) atoms. The monoisotopic (exact) mass is 335 g/mol. The molecule has 0 radical (unpaired) electrons. The number of rotatable bonds is 4. The molecule has 0 atom stereocenters. The molecule has 0 unspecified atom stereocenters. The fraction of sp³-hybridized carbons (Fsp3) is 0.556. The number of hydrogen-bond acceptors (Lipinski definition) is 5. The van der Waals surface area contributed by atoms with Crippen LogP contribution in [0.25, 0.3) is 11.0 Å². The van der Waals surface area contributed by atoms with Gasteiger partial charge in [0, 0.05) is 6.07 Å². The highest BCUT2D eigenvalue weighted by molar-refractivity contribution is 5.85. The van der Waals surface area contributed by atoms with Crippen LogP contribution in [0.5, 0.6) is 0 Å². The molecular weight excluding hydrogens is 306 g/mol. The van der Waals surface area contributed by atoms with Crippen molar-refractivity contribution in [2.45, 2.75) is 60.8 Å². The van der Waals surface area contributed by atoms with Crippen molar-refractivity contribution in [2.75, 3.05) is 0 Å². The molecule has 6 nitrogen and oxygen atoms in total. The van der Waals surface area contributed by atoms with E-state index in [-0.39, 0.29) is 11.2 Å². The Morgan fingerprint density at radius 1 is 1.25 bits per heavy atom. The van der Waals surface area contributed by atoms with Crippen LogP contribution in [0.4, 0.5) is 5.69 Å². The van der Waals surface area contributed by atoms with Crippen LogP contribution >= 0.6 is 0 Å². The van der Waals surface area contributed by atoms with E-state index in [4.69, 9.17) is 0 Å². The van der Waals surface area contributed by atoms with Gasteiger partial charge in [-0.25, -0.2) is 4.63 Å². The highest BCUT2D eigenvalue weighted by Crippen LogP contribution is 2.24. The second-order valence-electron chi connectivity index (χ2n) is 6.27. The lowest BCUT2D eigenvalue weighted by Gasteiger charge is -2.17. The van der Waals surface area contributed by atoms with E-state index in [0.29, 0.717) is 10.9 Å². The van der Waals surface area contributed by atoms with E-state index in [1.807, 2.05) is 6.08 Å². The molecule has 1 aromatic heterocycles. The first-order chi connectivity index (χ1) is 11.2. The first-order valence-corrected chi connectivity index (χ1v) is 8.23. The lowest BCUT2D eigenvalue weighted by molar-refractivity contribution is -0.383. The number of nitrogens with zero attached hydrogens (tertiary/aromatic N) is 3. The molecule has 0 aliphatic heterocycles. The molecule has 134 valence electrons. The van der Waals surface area contributed by atoms with Gasteiger partial charge in [-0.2, -0.15) is 0 Å². The van der Waals surface area contributed by atoms with E-state index in [1.165, 1.54) is 25.3 Å². The average Bonchev–Trinajstić information content (AvgIpc) is 2.99. The van der Waals surface area contributed by atoms with Gasteiger partial charge in [-0.3, -0.25) is 10.1 Å². The molecule has 0 saturated carbocycles. The summed E-state index contributed by atoms with van der Waals surface area (Å²) in [4.78, 5) is 10.0. The second-order valence-corrected chi connectivity index (χ2v) is 6.27. The standard InChI is InChI=1S/C8H16.C7H5N3O3.C3H8/c1-5-7-8(3,4)6-2;1-4-2-3-5(10(11)12)7-6(4)8-13-9-7;1-3-2/h6H,2,5,7H2,1,3-4H3;2-3H,1H3;3H2,1-2H3. The Kier molecular flexibility index (Phi) is 9.54. The molecule has 2 rings (SSSR count). The number of aryl methyl sites for hydroxylation is 1. The summed E-state index contributed by atoms with van der Waals surface area (Å²) in [5.41, 5.74) is 1.72. The Bertz CT molecular complexity index is 648. The van der Waals surface area contributed by atoms with Crippen molar-refractivity contribution in [1.29, 1.82) is 0 Å². The molecule has 0 fully saturated rings. The molecule has 0 saturated heterocycles. The predicted molar refractivity (Wildman–Crippen MR) is 98.0 cm³/mol. The summed E-state index contributed by atoms with van der Waals surface area (Å²) >= 11 is 0. The van der Waals surface area contributed by atoms with Gasteiger partial charge in [-0.1, -0.05) is 59.6 Å². The summed E-state index contributed by atoms with van der Waals surface area (Å²) in [5, 5.41) is 17.6. The Balaban J connectivity index is 0.000000415. The summed E-state index contributed by atoms with van der Waals surface area (Å²) < 4.78 is 4.43. The Hall–Kier alpha value is -2.24. The normalized spacial score (nSPS) is 10.2. The topological polar surface area (TPSA) is 82.1 Å². The molecule has 6 heteroatoms. The van der Waals surface area contributed by atoms with Crippen molar-refractivity contribution < 1.29 is 9.55 Å². The quantitative estimate of drug-likeness (QED) is 0.397. The van der Waals surface area contributed by atoms with Crippen molar-refractivity contribution in [2.24, 2.45) is 5.41 Å². The van der Waals surface area contributed by atoms with Crippen molar-refractivity contribution in [3.05, 3.63) is 40.5 Å². The van der Waals surface area contributed by atoms with Gasteiger partial charge in [0.05, 0.1) is 4.92 Å². The number of allylic oxidation sites excluding steroid dienone is 1. The van der Waals surface area contributed by atoms with Crippen molar-refractivity contribution in [3.63, 3.8) is 0 Å². The molecule has 1 heterocycles. The number of non-ortho nitro benzene ring substituents is 1. The molecule has 0 amide bonds. The number of nitro groups is 1. The van der Waals surface area contributed by atoms with E-state index in [1.54, 1.807) is 13.0 Å². The minimum Gasteiger partial charge on any atom is -0.258 e. The zero-order chi connectivity index (χ0) is 18.8. The maximum atomic E-state index is 10.5. The van der Waals surface area contributed by atoms with Gasteiger partial charge in [-0.05, 0) is 34.6 Å². The fourth-order valence-corrected chi connectivity index (χ4v) is 1.87. The lowest BCUT2D eigenvalue weighted by Crippen LogP contribution is -2.04. The van der Waals surface area contributed by atoms with Gasteiger partial charge in [0.2, 0.25) is 5.52 Å². The summed E-state index contributed by atoms with van der Waals surface area (Å²) in [6.45, 7) is 16.4. The zero-order valence-electron chi connectivity index (χ0n) is 15.6. The van der Waals surface area contributed by atoms with Crippen LogP contribution in [0.2, 0.25) is 0 Å². The Morgan fingerprint density at radius 2 is 1.79 bits per heavy atom. The van der Waals surface area contributed by atoms with Crippen LogP contribution in [-0.2, 0) is 0 Å². The van der Waals surface area contributed by atoms with Gasteiger partial charge >= 0.3 is 5.69 Å². The molecule has 1 aromatic carbocycles. The lowest BCUT2D eigenvalue weighted by atomic mass is 9.89. The van der Waals surface area contributed by atoms with Gasteiger partial charge in [0.1, 0.15) is 5.52 Å². The third-order valence-corrected chi connectivity index (χ3v) is 3.24. The molecule has 0 aliphatic carbocycles. The molecule has 0 bridgehead atoms. The second kappa shape index (κ2) is 10.5. The van der Waals surface area contributed by atoms with E-state index < -0.39 is 4.92 Å². The van der Waals surface area contributed by atoms with Crippen LogP contribution in [-0.4, -0.2) is 15.2 Å². The third kappa shape index (κ3) is 6.89. The molecule has 0 spiro atoms. The van der Waals surface area contributed by atoms with Crippen molar-refractivity contribution >= 4 is 16.7 Å². The van der Waals surface area contributed by atoms with Crippen LogP contribution in [0, 0.1) is 22.5 Å². The smallest absolute Gasteiger partial charge is 0.258 e. The van der Waals surface area contributed by atoms with Crippen LogP contribution in [0.1, 0.15) is 59.4 Å². The summed E-state index contributed by atoms with van der Waals surface area (Å²) in [5.74, 6) is 0. The van der Waals surface area contributed by atoms with Gasteiger partial charge in [0.25, 0.3) is 0 Å². The maximum Gasteiger partial charge on any atom is 0.300 e.